The molecule has 3 unspecified atom stereocenters. The molecule has 5 nitrogen and oxygen atoms in total. The Balaban J connectivity index is 1.65. The molecule has 2 rings (SSSR count). The van der Waals surface area contributed by atoms with E-state index < -0.39 is 5.97 Å². The van der Waals surface area contributed by atoms with Gasteiger partial charge in [-0.1, -0.05) is 13.3 Å². The van der Waals surface area contributed by atoms with Crippen LogP contribution in [0.25, 0.3) is 0 Å². The van der Waals surface area contributed by atoms with Gasteiger partial charge in [0, 0.05) is 19.0 Å². The lowest BCUT2D eigenvalue weighted by Crippen LogP contribution is -2.39. The molecule has 1 amide bonds. The van der Waals surface area contributed by atoms with E-state index in [9.17, 15) is 9.59 Å². The SMILES string of the molecule is CC(CNC(=O)C1CCC(C(=O)O)C1)CN1CCCCC1. The number of piperidine rings is 1. The van der Waals surface area contributed by atoms with Crippen LogP contribution in [0.3, 0.4) is 0 Å². The number of amides is 1. The lowest BCUT2D eigenvalue weighted by Gasteiger charge is -2.29. The molecule has 0 aromatic carbocycles. The zero-order valence-electron chi connectivity index (χ0n) is 13.0. The Morgan fingerprint density at radius 1 is 1.19 bits per heavy atom. The highest BCUT2D eigenvalue weighted by molar-refractivity contribution is 5.80. The Morgan fingerprint density at radius 3 is 2.48 bits per heavy atom. The molecule has 120 valence electrons. The van der Waals surface area contributed by atoms with E-state index in [0.717, 1.165) is 6.54 Å². The molecule has 2 N–H and O–H groups in total. The van der Waals surface area contributed by atoms with Gasteiger partial charge in [0.1, 0.15) is 0 Å². The van der Waals surface area contributed by atoms with E-state index in [2.05, 4.69) is 17.1 Å². The predicted molar refractivity (Wildman–Crippen MR) is 80.9 cm³/mol. The van der Waals surface area contributed by atoms with Gasteiger partial charge in [-0.2, -0.15) is 0 Å². The molecule has 3 atom stereocenters. The van der Waals surface area contributed by atoms with Crippen LogP contribution in [0.5, 0.6) is 0 Å². The maximum absolute atomic E-state index is 12.1. The van der Waals surface area contributed by atoms with Crippen LogP contribution in [0.1, 0.15) is 45.4 Å². The Bertz CT molecular complexity index is 367. The highest BCUT2D eigenvalue weighted by Crippen LogP contribution is 2.31. The maximum Gasteiger partial charge on any atom is 0.306 e. The van der Waals surface area contributed by atoms with Gasteiger partial charge >= 0.3 is 5.97 Å². The van der Waals surface area contributed by atoms with Gasteiger partial charge in [-0.25, -0.2) is 0 Å². The largest absolute Gasteiger partial charge is 0.481 e. The Kier molecular flexibility index (Phi) is 6.03. The summed E-state index contributed by atoms with van der Waals surface area (Å²) in [5.41, 5.74) is 0. The quantitative estimate of drug-likeness (QED) is 0.783. The predicted octanol–water partition coefficient (Wildman–Crippen LogP) is 1.73. The zero-order valence-corrected chi connectivity index (χ0v) is 13.0. The number of nitrogens with one attached hydrogen (secondary N) is 1. The number of hydrogen-bond donors (Lipinski definition) is 2. The first-order valence-corrected chi connectivity index (χ1v) is 8.29. The van der Waals surface area contributed by atoms with E-state index >= 15 is 0 Å². The van der Waals surface area contributed by atoms with Crippen LogP contribution in [0.15, 0.2) is 0 Å². The van der Waals surface area contributed by atoms with E-state index in [0.29, 0.717) is 31.7 Å². The van der Waals surface area contributed by atoms with E-state index in [1.54, 1.807) is 0 Å². The number of carbonyl (C=O) groups is 2. The Hall–Kier alpha value is -1.10. The molecule has 0 radical (unpaired) electrons. The van der Waals surface area contributed by atoms with E-state index in [1.165, 1.54) is 32.4 Å². The number of carboxylic acid groups (broad SMARTS) is 1. The number of likely N-dealkylation sites (tertiary alicyclic amines) is 1. The molecule has 2 fully saturated rings. The standard InChI is InChI=1S/C16H28N2O3/c1-12(11-18-7-3-2-4-8-18)10-17-15(19)13-5-6-14(9-13)16(20)21/h12-14H,2-11H2,1H3,(H,17,19)(H,20,21). The lowest BCUT2D eigenvalue weighted by atomic mass is 10.0. The molecule has 1 aliphatic heterocycles. The molecule has 21 heavy (non-hydrogen) atoms. The molecule has 0 bridgehead atoms. The highest BCUT2D eigenvalue weighted by atomic mass is 16.4. The minimum absolute atomic E-state index is 0.0456. The fourth-order valence-corrected chi connectivity index (χ4v) is 3.51. The Morgan fingerprint density at radius 2 is 1.86 bits per heavy atom. The third-order valence-electron chi connectivity index (χ3n) is 4.80. The summed E-state index contributed by atoms with van der Waals surface area (Å²) in [6.45, 7) is 6.28. The average Bonchev–Trinajstić information content (AvgIpc) is 2.96. The maximum atomic E-state index is 12.1. The summed E-state index contributed by atoms with van der Waals surface area (Å²) in [6, 6.07) is 0. The van der Waals surface area contributed by atoms with Crippen LogP contribution >= 0.6 is 0 Å². The van der Waals surface area contributed by atoms with Crippen molar-refractivity contribution in [1.82, 2.24) is 10.2 Å². The van der Waals surface area contributed by atoms with E-state index in [1.807, 2.05) is 0 Å². The second kappa shape index (κ2) is 7.78. The van der Waals surface area contributed by atoms with Crippen LogP contribution in [-0.4, -0.2) is 48.1 Å². The van der Waals surface area contributed by atoms with Gasteiger partial charge in [0.05, 0.1) is 5.92 Å². The molecule has 5 heteroatoms. The van der Waals surface area contributed by atoms with Gasteiger partial charge in [-0.15, -0.1) is 0 Å². The first-order valence-electron chi connectivity index (χ1n) is 8.29. The van der Waals surface area contributed by atoms with Crippen molar-refractivity contribution in [3.8, 4) is 0 Å². The molecule has 2 aliphatic rings. The van der Waals surface area contributed by atoms with E-state index in [4.69, 9.17) is 5.11 Å². The van der Waals surface area contributed by atoms with Gasteiger partial charge in [-0.3, -0.25) is 9.59 Å². The van der Waals surface area contributed by atoms with Crippen LogP contribution in [0.2, 0.25) is 0 Å². The van der Waals surface area contributed by atoms with Crippen molar-refractivity contribution in [1.29, 1.82) is 0 Å². The van der Waals surface area contributed by atoms with Crippen LogP contribution < -0.4 is 5.32 Å². The third-order valence-corrected chi connectivity index (χ3v) is 4.80. The number of hydrogen-bond acceptors (Lipinski definition) is 3. The van der Waals surface area contributed by atoms with Crippen LogP contribution in [0, 0.1) is 17.8 Å². The summed E-state index contributed by atoms with van der Waals surface area (Å²) >= 11 is 0. The van der Waals surface area contributed by atoms with Crippen molar-refractivity contribution in [2.75, 3.05) is 26.2 Å². The number of rotatable bonds is 6. The second-order valence-corrected chi connectivity index (χ2v) is 6.76. The normalized spacial score (nSPS) is 28.2. The van der Waals surface area contributed by atoms with Gasteiger partial charge in [-0.05, 0) is 51.1 Å². The molecule has 0 aromatic heterocycles. The third kappa shape index (κ3) is 4.99. The van der Waals surface area contributed by atoms with Gasteiger partial charge in [0.15, 0.2) is 0 Å². The summed E-state index contributed by atoms with van der Waals surface area (Å²) in [5.74, 6) is -0.698. The van der Waals surface area contributed by atoms with Crippen molar-refractivity contribution >= 4 is 11.9 Å². The minimum Gasteiger partial charge on any atom is -0.481 e. The van der Waals surface area contributed by atoms with Crippen LogP contribution in [-0.2, 0) is 9.59 Å². The summed E-state index contributed by atoms with van der Waals surface area (Å²) in [4.78, 5) is 25.5. The summed E-state index contributed by atoms with van der Waals surface area (Å²) in [5, 5.41) is 12.0. The summed E-state index contributed by atoms with van der Waals surface area (Å²) in [6.07, 6.45) is 5.77. The molecule has 1 heterocycles. The summed E-state index contributed by atoms with van der Waals surface area (Å²) < 4.78 is 0. The smallest absolute Gasteiger partial charge is 0.306 e. The fraction of sp³-hybridized carbons (Fsp3) is 0.875. The number of aliphatic carboxylic acids is 1. The minimum atomic E-state index is -0.760. The van der Waals surface area contributed by atoms with Crippen molar-refractivity contribution in [3.63, 3.8) is 0 Å². The molecular formula is C16H28N2O3. The van der Waals surface area contributed by atoms with Gasteiger partial charge in [0.25, 0.3) is 0 Å². The van der Waals surface area contributed by atoms with Gasteiger partial charge < -0.3 is 15.3 Å². The van der Waals surface area contributed by atoms with E-state index in [-0.39, 0.29) is 17.7 Å². The van der Waals surface area contributed by atoms with Crippen molar-refractivity contribution < 1.29 is 14.7 Å². The fourth-order valence-electron chi connectivity index (χ4n) is 3.51. The summed E-state index contributed by atoms with van der Waals surface area (Å²) in [7, 11) is 0. The average molecular weight is 296 g/mol. The molecule has 1 saturated carbocycles. The van der Waals surface area contributed by atoms with Crippen molar-refractivity contribution in [2.45, 2.75) is 45.4 Å². The first kappa shape index (κ1) is 16.3. The number of nitrogens with zero attached hydrogens (tertiary/aromatic N) is 1. The highest BCUT2D eigenvalue weighted by Gasteiger charge is 2.33. The molecule has 0 aromatic rings. The topological polar surface area (TPSA) is 69.6 Å². The number of carboxylic acids is 1. The first-order chi connectivity index (χ1) is 10.1. The lowest BCUT2D eigenvalue weighted by molar-refractivity contribution is -0.141. The molecule has 0 spiro atoms. The molecular weight excluding hydrogens is 268 g/mol. The van der Waals surface area contributed by atoms with Crippen molar-refractivity contribution in [3.05, 3.63) is 0 Å². The van der Waals surface area contributed by atoms with Gasteiger partial charge in [0.2, 0.25) is 5.91 Å². The molecule has 1 aliphatic carbocycles. The second-order valence-electron chi connectivity index (χ2n) is 6.76. The Labute approximate surface area is 127 Å². The van der Waals surface area contributed by atoms with Crippen molar-refractivity contribution in [2.24, 2.45) is 17.8 Å². The number of carbonyl (C=O) groups excluding carboxylic acids is 1. The monoisotopic (exact) mass is 296 g/mol. The zero-order chi connectivity index (χ0) is 15.2. The molecule has 1 saturated heterocycles. The van der Waals surface area contributed by atoms with Crippen LogP contribution in [0.4, 0.5) is 0 Å².